The van der Waals surface area contributed by atoms with Crippen molar-refractivity contribution in [2.45, 2.75) is 110 Å². The fraction of sp³-hybridized carbons (Fsp3) is 0.905. The highest BCUT2D eigenvalue weighted by atomic mass is 16.4. The minimum atomic E-state index is -0.921. The molecule has 2 N–H and O–H groups in total. The summed E-state index contributed by atoms with van der Waals surface area (Å²) in [7, 11) is 0. The lowest BCUT2D eigenvalue weighted by molar-refractivity contribution is -0.144. The zero-order chi connectivity index (χ0) is 19.6. The Morgan fingerprint density at radius 2 is 1.15 bits per heavy atom. The second kappa shape index (κ2) is 17.3. The lowest BCUT2D eigenvalue weighted by Crippen LogP contribution is -2.42. The molecule has 0 aromatic carbocycles. The molecule has 0 bridgehead atoms. The van der Waals surface area contributed by atoms with Gasteiger partial charge in [-0.05, 0) is 32.4 Å². The van der Waals surface area contributed by atoms with Crippen LogP contribution >= 0.6 is 0 Å². The Morgan fingerprint density at radius 1 is 0.731 bits per heavy atom. The smallest absolute Gasteiger partial charge is 0.320 e. The third-order valence-electron chi connectivity index (χ3n) is 4.96. The second-order valence-corrected chi connectivity index (χ2v) is 7.36. The minimum absolute atomic E-state index is 0.0829. The van der Waals surface area contributed by atoms with Crippen molar-refractivity contribution >= 4 is 11.9 Å². The predicted octanol–water partition coefficient (Wildman–Crippen LogP) is 5.33. The minimum Gasteiger partial charge on any atom is -0.481 e. The summed E-state index contributed by atoms with van der Waals surface area (Å²) in [6, 6.07) is -0.669. The molecule has 0 fully saturated rings. The quantitative estimate of drug-likeness (QED) is 0.300. The maximum Gasteiger partial charge on any atom is 0.320 e. The van der Waals surface area contributed by atoms with Crippen molar-refractivity contribution < 1.29 is 19.8 Å². The summed E-state index contributed by atoms with van der Waals surface area (Å²) in [6.45, 7) is 5.92. The van der Waals surface area contributed by atoms with E-state index in [4.69, 9.17) is 5.11 Å². The van der Waals surface area contributed by atoms with Crippen molar-refractivity contribution in [1.29, 1.82) is 0 Å². The maximum absolute atomic E-state index is 11.7. The molecule has 0 saturated heterocycles. The van der Waals surface area contributed by atoms with Crippen molar-refractivity contribution in [2.24, 2.45) is 0 Å². The zero-order valence-electron chi connectivity index (χ0n) is 17.0. The fourth-order valence-corrected chi connectivity index (χ4v) is 3.34. The molecule has 0 aromatic heterocycles. The lowest BCUT2D eigenvalue weighted by Gasteiger charge is -2.28. The van der Waals surface area contributed by atoms with Crippen LogP contribution in [0.3, 0.4) is 0 Å². The van der Waals surface area contributed by atoms with E-state index in [0.29, 0.717) is 0 Å². The number of rotatable bonds is 19. The van der Waals surface area contributed by atoms with Crippen LogP contribution in [-0.2, 0) is 9.59 Å². The molecule has 5 heteroatoms. The maximum atomic E-state index is 11.7. The molecule has 0 aromatic rings. The van der Waals surface area contributed by atoms with E-state index in [1.165, 1.54) is 51.4 Å². The highest BCUT2D eigenvalue weighted by molar-refractivity contribution is 5.75. The molecule has 0 aliphatic carbocycles. The van der Waals surface area contributed by atoms with Crippen molar-refractivity contribution in [3.05, 3.63) is 0 Å². The van der Waals surface area contributed by atoms with E-state index in [-0.39, 0.29) is 12.8 Å². The molecule has 26 heavy (non-hydrogen) atoms. The van der Waals surface area contributed by atoms with Gasteiger partial charge in [0, 0.05) is 6.42 Å². The van der Waals surface area contributed by atoms with E-state index in [2.05, 4.69) is 13.8 Å². The average Bonchev–Trinajstić information content (AvgIpc) is 2.59. The molecule has 0 unspecified atom stereocenters. The van der Waals surface area contributed by atoms with Crippen molar-refractivity contribution in [1.82, 2.24) is 4.90 Å². The second-order valence-electron chi connectivity index (χ2n) is 7.36. The summed E-state index contributed by atoms with van der Waals surface area (Å²) in [4.78, 5) is 24.5. The first-order valence-corrected chi connectivity index (χ1v) is 10.7. The van der Waals surface area contributed by atoms with Gasteiger partial charge in [0.25, 0.3) is 0 Å². The van der Waals surface area contributed by atoms with Gasteiger partial charge in [-0.25, -0.2) is 0 Å². The van der Waals surface area contributed by atoms with Gasteiger partial charge in [-0.1, -0.05) is 78.1 Å². The number of hydrogen-bond donors (Lipinski definition) is 2. The Bertz CT molecular complexity index is 344. The highest BCUT2D eigenvalue weighted by Gasteiger charge is 2.25. The fourth-order valence-electron chi connectivity index (χ4n) is 3.34. The number of unbranched alkanes of at least 4 members (excludes halogenated alkanes) is 10. The van der Waals surface area contributed by atoms with E-state index in [9.17, 15) is 14.7 Å². The van der Waals surface area contributed by atoms with Gasteiger partial charge in [-0.2, -0.15) is 0 Å². The third kappa shape index (κ3) is 14.1. The molecule has 0 aliphatic heterocycles. The molecule has 0 radical (unpaired) electrons. The molecule has 0 aliphatic rings. The number of aliphatic carboxylic acids is 2. The van der Waals surface area contributed by atoms with Crippen LogP contribution in [0.25, 0.3) is 0 Å². The van der Waals surface area contributed by atoms with E-state index >= 15 is 0 Å². The van der Waals surface area contributed by atoms with Gasteiger partial charge in [0.05, 0.1) is 0 Å². The molecule has 1 atom stereocenters. The van der Waals surface area contributed by atoms with Crippen LogP contribution in [0.2, 0.25) is 0 Å². The lowest BCUT2D eigenvalue weighted by atomic mass is 10.1. The normalized spacial score (nSPS) is 12.4. The Morgan fingerprint density at radius 3 is 1.54 bits per heavy atom. The number of hydrogen-bond acceptors (Lipinski definition) is 3. The number of carbonyl (C=O) groups is 2. The first-order chi connectivity index (χ1) is 12.5. The van der Waals surface area contributed by atoms with Crippen LogP contribution in [0, 0.1) is 0 Å². The van der Waals surface area contributed by atoms with Gasteiger partial charge in [0.1, 0.15) is 6.04 Å². The largest absolute Gasteiger partial charge is 0.481 e. The molecule has 0 saturated carbocycles. The van der Waals surface area contributed by atoms with Crippen LogP contribution in [0.5, 0.6) is 0 Å². The molecular weight excluding hydrogens is 330 g/mol. The van der Waals surface area contributed by atoms with E-state index in [0.717, 1.165) is 38.8 Å². The van der Waals surface area contributed by atoms with Crippen LogP contribution in [0.15, 0.2) is 0 Å². The topological polar surface area (TPSA) is 77.8 Å². The summed E-state index contributed by atoms with van der Waals surface area (Å²) in [5.74, 6) is -1.81. The molecule has 154 valence electrons. The summed E-state index contributed by atoms with van der Waals surface area (Å²) in [5, 5.41) is 18.5. The van der Waals surface area contributed by atoms with E-state index < -0.39 is 18.0 Å². The van der Waals surface area contributed by atoms with Gasteiger partial charge in [-0.3, -0.25) is 14.5 Å². The zero-order valence-corrected chi connectivity index (χ0v) is 17.0. The Hall–Kier alpha value is -1.10. The molecular formula is C21H41NO4. The van der Waals surface area contributed by atoms with E-state index in [1.54, 1.807) is 0 Å². The van der Waals surface area contributed by atoms with E-state index in [1.807, 2.05) is 4.90 Å². The number of nitrogens with zero attached hydrogens (tertiary/aromatic N) is 1. The van der Waals surface area contributed by atoms with Gasteiger partial charge in [0.2, 0.25) is 0 Å². The van der Waals surface area contributed by atoms with Gasteiger partial charge < -0.3 is 10.2 Å². The number of carboxylic acid groups (broad SMARTS) is 2. The summed E-state index contributed by atoms with van der Waals surface area (Å²) in [5.41, 5.74) is 0. The average molecular weight is 372 g/mol. The van der Waals surface area contributed by atoms with Crippen LogP contribution in [0.4, 0.5) is 0 Å². The van der Waals surface area contributed by atoms with Crippen LogP contribution in [0.1, 0.15) is 104 Å². The predicted molar refractivity (Wildman–Crippen MR) is 107 cm³/mol. The molecule has 0 spiro atoms. The SMILES string of the molecule is CCCCCCCCN(CCCCCCCC)[C@@H](CCC(=O)O)C(=O)O. The summed E-state index contributed by atoms with van der Waals surface area (Å²) >= 11 is 0. The molecule has 0 amide bonds. The van der Waals surface area contributed by atoms with Gasteiger partial charge in [-0.15, -0.1) is 0 Å². The van der Waals surface area contributed by atoms with Crippen molar-refractivity contribution in [3.63, 3.8) is 0 Å². The Kier molecular flexibility index (Phi) is 16.6. The van der Waals surface area contributed by atoms with Crippen molar-refractivity contribution in [3.8, 4) is 0 Å². The van der Waals surface area contributed by atoms with Crippen LogP contribution in [-0.4, -0.2) is 46.2 Å². The summed E-state index contributed by atoms with van der Waals surface area (Å²) in [6.07, 6.45) is 14.2. The summed E-state index contributed by atoms with van der Waals surface area (Å²) < 4.78 is 0. The Labute approximate surface area is 160 Å². The van der Waals surface area contributed by atoms with Gasteiger partial charge in [0.15, 0.2) is 0 Å². The number of carboxylic acids is 2. The monoisotopic (exact) mass is 371 g/mol. The molecule has 0 rings (SSSR count). The highest BCUT2D eigenvalue weighted by Crippen LogP contribution is 2.14. The third-order valence-corrected chi connectivity index (χ3v) is 4.96. The standard InChI is InChI=1S/C21H41NO4/c1-3-5-7-9-11-13-17-22(18-14-12-10-8-6-4-2)19(21(25)26)15-16-20(23)24/h19H,3-18H2,1-2H3,(H,23,24)(H,25,26)/t19-/m0/s1. The van der Waals surface area contributed by atoms with Crippen molar-refractivity contribution in [2.75, 3.05) is 13.1 Å². The van der Waals surface area contributed by atoms with Crippen LogP contribution < -0.4 is 0 Å². The van der Waals surface area contributed by atoms with Gasteiger partial charge >= 0.3 is 11.9 Å². The molecule has 5 nitrogen and oxygen atoms in total. The Balaban J connectivity index is 4.42. The first-order valence-electron chi connectivity index (χ1n) is 10.7. The molecule has 0 heterocycles. The first kappa shape index (κ1) is 24.9.